The van der Waals surface area contributed by atoms with Crippen molar-refractivity contribution in [3.8, 4) is 5.75 Å². The molecule has 4 rings (SSSR count). The minimum atomic E-state index is -0.236. The summed E-state index contributed by atoms with van der Waals surface area (Å²) in [6, 6.07) is 14.7. The maximum absolute atomic E-state index is 12.5. The van der Waals surface area contributed by atoms with Crippen LogP contribution >= 0.6 is 62.5 Å². The molecule has 3 aromatic rings. The van der Waals surface area contributed by atoms with Crippen LogP contribution in [0.15, 0.2) is 62.9 Å². The van der Waals surface area contributed by atoms with Gasteiger partial charge in [0.1, 0.15) is 6.61 Å². The largest absolute Gasteiger partial charge is 0.486 e. The van der Waals surface area contributed by atoms with E-state index in [0.29, 0.717) is 36.5 Å². The number of carbonyl (C=O) groups excluding carboxylic acids is 1. The van der Waals surface area contributed by atoms with Crippen LogP contribution in [0.1, 0.15) is 22.3 Å². The summed E-state index contributed by atoms with van der Waals surface area (Å²) in [6.07, 6.45) is 1.72. The van der Waals surface area contributed by atoms with Gasteiger partial charge < -0.3 is 10.1 Å². The molecule has 1 aliphatic rings. The van der Waals surface area contributed by atoms with Gasteiger partial charge in [-0.1, -0.05) is 68.9 Å². The second-order valence-corrected chi connectivity index (χ2v) is 10.6. The van der Waals surface area contributed by atoms with Crippen molar-refractivity contribution in [3.05, 3.63) is 95.2 Å². The van der Waals surface area contributed by atoms with Crippen molar-refractivity contribution in [3.63, 3.8) is 0 Å². The van der Waals surface area contributed by atoms with Crippen LogP contribution in [-0.2, 0) is 11.4 Å². The van der Waals surface area contributed by atoms with Crippen LogP contribution in [0.4, 0.5) is 5.69 Å². The Morgan fingerprint density at radius 3 is 2.32 bits per heavy atom. The molecule has 0 bridgehead atoms. The Kier molecular flexibility index (Phi) is 7.95. The maximum atomic E-state index is 12.5. The fourth-order valence-corrected chi connectivity index (χ4v) is 5.18. The number of halogens is 4. The highest BCUT2D eigenvalue weighted by molar-refractivity contribution is 9.10. The molecule has 174 valence electrons. The lowest BCUT2D eigenvalue weighted by Gasteiger charge is -2.12. The Labute approximate surface area is 225 Å². The van der Waals surface area contributed by atoms with Crippen molar-refractivity contribution in [2.24, 2.45) is 4.99 Å². The topological polar surface area (TPSA) is 50.7 Å². The molecule has 34 heavy (non-hydrogen) atoms. The minimum Gasteiger partial charge on any atom is -0.486 e. The Hall–Kier alpha value is -1.96. The molecule has 1 heterocycles. The predicted octanol–water partition coefficient (Wildman–Crippen LogP) is 8.50. The van der Waals surface area contributed by atoms with E-state index < -0.39 is 0 Å². The molecule has 1 N–H and O–H groups in total. The summed E-state index contributed by atoms with van der Waals surface area (Å²) in [6.45, 7) is 4.23. The third-order valence-corrected chi connectivity index (χ3v) is 8.04. The first-order valence-electron chi connectivity index (χ1n) is 10.1. The number of aryl methyl sites for hydroxylation is 2. The van der Waals surface area contributed by atoms with Gasteiger partial charge in [0.15, 0.2) is 10.9 Å². The summed E-state index contributed by atoms with van der Waals surface area (Å²) >= 11 is 23.9. The summed E-state index contributed by atoms with van der Waals surface area (Å²) in [5, 5.41) is 4.59. The van der Waals surface area contributed by atoms with Crippen LogP contribution in [0, 0.1) is 13.8 Å². The average Bonchev–Trinajstić information content (AvgIpc) is 3.11. The van der Waals surface area contributed by atoms with Gasteiger partial charge >= 0.3 is 0 Å². The average molecular weight is 597 g/mol. The van der Waals surface area contributed by atoms with Crippen LogP contribution in [-0.4, -0.2) is 11.1 Å². The highest BCUT2D eigenvalue weighted by Crippen LogP contribution is 2.37. The van der Waals surface area contributed by atoms with E-state index in [1.54, 1.807) is 24.3 Å². The minimum absolute atomic E-state index is 0.229. The lowest BCUT2D eigenvalue weighted by Crippen LogP contribution is -2.19. The molecular weight excluding hydrogens is 579 g/mol. The van der Waals surface area contributed by atoms with Crippen molar-refractivity contribution in [1.82, 2.24) is 5.32 Å². The van der Waals surface area contributed by atoms with E-state index in [9.17, 15) is 4.79 Å². The Morgan fingerprint density at radius 1 is 1.03 bits per heavy atom. The molecule has 1 aliphatic heterocycles. The number of nitrogens with one attached hydrogen (secondary N) is 1. The number of amidine groups is 1. The zero-order valence-electron chi connectivity index (χ0n) is 18.1. The molecule has 0 aliphatic carbocycles. The van der Waals surface area contributed by atoms with Crippen molar-refractivity contribution < 1.29 is 9.53 Å². The van der Waals surface area contributed by atoms with E-state index in [1.165, 1.54) is 11.8 Å². The number of amides is 1. The number of benzene rings is 3. The van der Waals surface area contributed by atoms with Crippen molar-refractivity contribution in [1.29, 1.82) is 0 Å². The molecule has 4 nitrogen and oxygen atoms in total. The molecule has 0 atom stereocenters. The van der Waals surface area contributed by atoms with Gasteiger partial charge in [0, 0.05) is 15.1 Å². The SMILES string of the molecule is Cc1cc(N=C2NC(=O)/C(=C/c3cc(Cl)c(OCc4ccccc4Cl)c(Cl)c3)S2)cc(C)c1Br. The predicted molar refractivity (Wildman–Crippen MR) is 147 cm³/mol. The maximum Gasteiger partial charge on any atom is 0.264 e. The first-order valence-corrected chi connectivity index (χ1v) is 12.9. The molecule has 0 aromatic heterocycles. The molecular formula is C25H18BrCl3N2O2S. The number of nitrogens with zero attached hydrogens (tertiary/aromatic N) is 1. The fraction of sp³-hybridized carbons (Fsp3) is 0.120. The highest BCUT2D eigenvalue weighted by Gasteiger charge is 2.24. The normalized spacial score (nSPS) is 15.8. The van der Waals surface area contributed by atoms with Gasteiger partial charge in [-0.2, -0.15) is 0 Å². The van der Waals surface area contributed by atoms with Crippen molar-refractivity contribution >= 4 is 85.3 Å². The van der Waals surface area contributed by atoms with Gasteiger partial charge in [-0.15, -0.1) is 0 Å². The highest BCUT2D eigenvalue weighted by atomic mass is 79.9. The van der Waals surface area contributed by atoms with Gasteiger partial charge in [0.2, 0.25) is 0 Å². The summed E-state index contributed by atoms with van der Waals surface area (Å²) in [7, 11) is 0. The molecule has 1 saturated heterocycles. The third-order valence-electron chi connectivity index (χ3n) is 4.95. The number of hydrogen-bond acceptors (Lipinski definition) is 4. The second-order valence-electron chi connectivity index (χ2n) is 7.57. The quantitative estimate of drug-likeness (QED) is 0.301. The van der Waals surface area contributed by atoms with Crippen LogP contribution in [0.3, 0.4) is 0 Å². The van der Waals surface area contributed by atoms with Gasteiger partial charge in [-0.05, 0) is 78.7 Å². The van der Waals surface area contributed by atoms with E-state index >= 15 is 0 Å². The zero-order valence-corrected chi connectivity index (χ0v) is 22.8. The number of hydrogen-bond donors (Lipinski definition) is 1. The number of carbonyl (C=O) groups is 1. The fourth-order valence-electron chi connectivity index (χ4n) is 3.30. The van der Waals surface area contributed by atoms with E-state index in [1.807, 2.05) is 44.2 Å². The van der Waals surface area contributed by atoms with Crippen molar-refractivity contribution in [2.75, 3.05) is 0 Å². The van der Waals surface area contributed by atoms with E-state index in [0.717, 1.165) is 26.9 Å². The smallest absolute Gasteiger partial charge is 0.264 e. The molecule has 0 radical (unpaired) electrons. The van der Waals surface area contributed by atoms with E-state index in [-0.39, 0.29) is 12.5 Å². The number of aliphatic imine (C=N–C) groups is 1. The Balaban J connectivity index is 1.52. The second kappa shape index (κ2) is 10.8. The zero-order chi connectivity index (χ0) is 24.4. The molecule has 3 aromatic carbocycles. The Morgan fingerprint density at radius 2 is 1.68 bits per heavy atom. The third kappa shape index (κ3) is 5.81. The Bertz CT molecular complexity index is 1310. The standard InChI is InChI=1S/C25H18BrCl3N2O2S/c1-13-7-17(8-14(2)22(13)26)30-25-31-24(32)21(34-25)11-15-9-19(28)23(20(29)10-15)33-12-16-5-3-4-6-18(16)27/h3-11H,12H2,1-2H3,(H,30,31,32)/b21-11-. The van der Waals surface area contributed by atoms with Gasteiger partial charge in [0.25, 0.3) is 5.91 Å². The number of rotatable bonds is 5. The van der Waals surface area contributed by atoms with Gasteiger partial charge in [-0.3, -0.25) is 4.79 Å². The van der Waals surface area contributed by atoms with Gasteiger partial charge in [0.05, 0.1) is 20.6 Å². The van der Waals surface area contributed by atoms with Crippen LogP contribution in [0.2, 0.25) is 15.1 Å². The molecule has 0 spiro atoms. The van der Waals surface area contributed by atoms with E-state index in [4.69, 9.17) is 39.5 Å². The summed E-state index contributed by atoms with van der Waals surface area (Å²) in [5.74, 6) is 0.123. The lowest BCUT2D eigenvalue weighted by molar-refractivity contribution is -0.115. The molecule has 1 fully saturated rings. The molecule has 1 amide bonds. The summed E-state index contributed by atoms with van der Waals surface area (Å²) in [4.78, 5) is 17.6. The van der Waals surface area contributed by atoms with E-state index in [2.05, 4.69) is 26.2 Å². The van der Waals surface area contributed by atoms with Crippen molar-refractivity contribution in [2.45, 2.75) is 20.5 Å². The number of ether oxygens (including phenoxy) is 1. The molecule has 0 unspecified atom stereocenters. The van der Waals surface area contributed by atoms with Crippen LogP contribution < -0.4 is 10.1 Å². The van der Waals surface area contributed by atoms with Crippen LogP contribution in [0.5, 0.6) is 5.75 Å². The summed E-state index contributed by atoms with van der Waals surface area (Å²) in [5.41, 5.74) is 4.42. The number of thioether (sulfide) groups is 1. The van der Waals surface area contributed by atoms with Crippen LogP contribution in [0.25, 0.3) is 6.08 Å². The first-order chi connectivity index (χ1) is 16.2. The molecule has 9 heteroatoms. The first kappa shape index (κ1) is 25.1. The molecule has 0 saturated carbocycles. The lowest BCUT2D eigenvalue weighted by atomic mass is 10.1. The van der Waals surface area contributed by atoms with Gasteiger partial charge in [-0.25, -0.2) is 4.99 Å². The summed E-state index contributed by atoms with van der Waals surface area (Å²) < 4.78 is 6.86. The monoisotopic (exact) mass is 594 g/mol.